The van der Waals surface area contributed by atoms with Gasteiger partial charge < -0.3 is 9.64 Å². The van der Waals surface area contributed by atoms with Crippen LogP contribution in [0, 0.1) is 0 Å². The first-order chi connectivity index (χ1) is 9.52. The van der Waals surface area contributed by atoms with Gasteiger partial charge in [0.1, 0.15) is 5.75 Å². The molecular weight excluding hydrogens is 274 g/mol. The Morgan fingerprint density at radius 1 is 1.15 bits per heavy atom. The quantitative estimate of drug-likeness (QED) is 0.805. The van der Waals surface area contributed by atoms with Gasteiger partial charge in [-0.25, -0.2) is 0 Å². The van der Waals surface area contributed by atoms with E-state index in [-0.39, 0.29) is 5.78 Å². The number of hydrogen-bond acceptors (Lipinski definition) is 3. The minimum atomic E-state index is -0.104. The number of carbonyl (C=O) groups excluding carboxylic acids is 1. The number of hydrogen-bond donors (Lipinski definition) is 0. The molecule has 20 heavy (non-hydrogen) atoms. The van der Waals surface area contributed by atoms with Crippen LogP contribution in [0.4, 0.5) is 5.69 Å². The number of methoxy groups -OCH3 is 1. The Morgan fingerprint density at radius 2 is 1.90 bits per heavy atom. The molecule has 2 aromatic rings. The van der Waals surface area contributed by atoms with Crippen LogP contribution in [0.25, 0.3) is 0 Å². The number of ketones is 1. The van der Waals surface area contributed by atoms with Crippen LogP contribution in [0.1, 0.15) is 15.9 Å². The molecule has 2 rings (SSSR count). The first-order valence-electron chi connectivity index (χ1n) is 6.18. The minimum absolute atomic E-state index is 0.104. The largest absolute Gasteiger partial charge is 0.496 e. The van der Waals surface area contributed by atoms with Crippen molar-refractivity contribution < 1.29 is 9.53 Å². The van der Waals surface area contributed by atoms with Gasteiger partial charge >= 0.3 is 0 Å². The Kier molecular flexibility index (Phi) is 4.30. The van der Waals surface area contributed by atoms with E-state index >= 15 is 0 Å². The van der Waals surface area contributed by atoms with Crippen molar-refractivity contribution in [3.05, 3.63) is 58.6 Å². The van der Waals surface area contributed by atoms with Crippen molar-refractivity contribution in [2.75, 3.05) is 26.1 Å². The zero-order valence-corrected chi connectivity index (χ0v) is 12.4. The zero-order valence-electron chi connectivity index (χ0n) is 11.7. The molecular formula is C16H16ClNO2. The van der Waals surface area contributed by atoms with Gasteiger partial charge in [0, 0.05) is 30.4 Å². The molecule has 0 N–H and O–H groups in total. The molecule has 4 heteroatoms. The molecule has 0 aliphatic heterocycles. The molecule has 0 fully saturated rings. The predicted octanol–water partition coefficient (Wildman–Crippen LogP) is 3.65. The molecule has 0 saturated carbocycles. The third-order valence-electron chi connectivity index (χ3n) is 3.03. The minimum Gasteiger partial charge on any atom is -0.496 e. The first-order valence-corrected chi connectivity index (χ1v) is 6.56. The molecule has 0 aromatic heterocycles. The van der Waals surface area contributed by atoms with Gasteiger partial charge in [0.05, 0.1) is 12.7 Å². The Bertz CT molecular complexity index is 638. The SMILES string of the molecule is COc1ccc(Cl)cc1C(=O)c1cccc(N(C)C)c1. The lowest BCUT2D eigenvalue weighted by molar-refractivity contribution is 0.103. The zero-order chi connectivity index (χ0) is 14.7. The third-order valence-corrected chi connectivity index (χ3v) is 3.27. The highest BCUT2D eigenvalue weighted by atomic mass is 35.5. The van der Waals surface area contributed by atoms with E-state index in [1.165, 1.54) is 7.11 Å². The van der Waals surface area contributed by atoms with Gasteiger partial charge in [0.15, 0.2) is 5.78 Å². The van der Waals surface area contributed by atoms with Crippen LogP contribution >= 0.6 is 11.6 Å². The number of rotatable bonds is 4. The number of ether oxygens (including phenoxy) is 1. The smallest absolute Gasteiger partial charge is 0.196 e. The van der Waals surface area contributed by atoms with E-state index in [4.69, 9.17) is 16.3 Å². The van der Waals surface area contributed by atoms with Crippen molar-refractivity contribution in [1.29, 1.82) is 0 Å². The van der Waals surface area contributed by atoms with Gasteiger partial charge in [-0.15, -0.1) is 0 Å². The maximum Gasteiger partial charge on any atom is 0.196 e. The van der Waals surface area contributed by atoms with Crippen LogP contribution in [0.15, 0.2) is 42.5 Å². The van der Waals surface area contributed by atoms with Crippen molar-refractivity contribution in [2.45, 2.75) is 0 Å². The van der Waals surface area contributed by atoms with Crippen LogP contribution in [-0.2, 0) is 0 Å². The number of nitrogens with zero attached hydrogens (tertiary/aromatic N) is 1. The summed E-state index contributed by atoms with van der Waals surface area (Å²) in [6, 6.07) is 12.5. The molecule has 0 bridgehead atoms. The molecule has 0 amide bonds. The average molecular weight is 290 g/mol. The summed E-state index contributed by atoms with van der Waals surface area (Å²) in [5.41, 5.74) is 2.05. The fraction of sp³-hybridized carbons (Fsp3) is 0.188. The van der Waals surface area contributed by atoms with E-state index in [0.29, 0.717) is 21.9 Å². The molecule has 0 spiro atoms. The topological polar surface area (TPSA) is 29.5 Å². The number of carbonyl (C=O) groups is 1. The van der Waals surface area contributed by atoms with Gasteiger partial charge in [0.25, 0.3) is 0 Å². The normalized spacial score (nSPS) is 10.2. The van der Waals surface area contributed by atoms with Crippen LogP contribution in [-0.4, -0.2) is 27.0 Å². The van der Waals surface area contributed by atoms with E-state index in [1.807, 2.05) is 37.2 Å². The summed E-state index contributed by atoms with van der Waals surface area (Å²) >= 11 is 5.97. The molecule has 0 radical (unpaired) electrons. The molecule has 0 unspecified atom stereocenters. The second-order valence-electron chi connectivity index (χ2n) is 4.62. The van der Waals surface area contributed by atoms with Crippen molar-refractivity contribution in [2.24, 2.45) is 0 Å². The average Bonchev–Trinajstić information content (AvgIpc) is 2.46. The predicted molar refractivity (Wildman–Crippen MR) is 82.2 cm³/mol. The molecule has 0 heterocycles. The van der Waals surface area contributed by atoms with Crippen molar-refractivity contribution in [1.82, 2.24) is 0 Å². The van der Waals surface area contributed by atoms with E-state index in [0.717, 1.165) is 5.69 Å². The Morgan fingerprint density at radius 3 is 2.55 bits per heavy atom. The maximum absolute atomic E-state index is 12.6. The van der Waals surface area contributed by atoms with E-state index in [9.17, 15) is 4.79 Å². The maximum atomic E-state index is 12.6. The van der Waals surface area contributed by atoms with E-state index in [2.05, 4.69) is 0 Å². The second kappa shape index (κ2) is 5.97. The monoisotopic (exact) mass is 289 g/mol. The van der Waals surface area contributed by atoms with Gasteiger partial charge in [0.2, 0.25) is 0 Å². The standard InChI is InChI=1S/C16H16ClNO2/c1-18(2)13-6-4-5-11(9-13)16(19)14-10-12(17)7-8-15(14)20-3/h4-10H,1-3H3. The summed E-state index contributed by atoms with van der Waals surface area (Å²) < 4.78 is 5.23. The van der Waals surface area contributed by atoms with Gasteiger partial charge in [-0.05, 0) is 30.3 Å². The molecule has 2 aromatic carbocycles. The van der Waals surface area contributed by atoms with E-state index in [1.54, 1.807) is 24.3 Å². The fourth-order valence-electron chi connectivity index (χ4n) is 1.94. The second-order valence-corrected chi connectivity index (χ2v) is 5.05. The highest BCUT2D eigenvalue weighted by Gasteiger charge is 2.15. The summed E-state index contributed by atoms with van der Waals surface area (Å²) in [4.78, 5) is 14.5. The molecule has 0 saturated heterocycles. The number of halogens is 1. The lowest BCUT2D eigenvalue weighted by Crippen LogP contribution is -2.10. The van der Waals surface area contributed by atoms with Crippen molar-refractivity contribution >= 4 is 23.1 Å². The fourth-order valence-corrected chi connectivity index (χ4v) is 2.11. The van der Waals surface area contributed by atoms with Crippen LogP contribution < -0.4 is 9.64 Å². The van der Waals surface area contributed by atoms with Crippen molar-refractivity contribution in [3.63, 3.8) is 0 Å². The van der Waals surface area contributed by atoms with Crippen molar-refractivity contribution in [3.8, 4) is 5.75 Å². The third kappa shape index (κ3) is 2.94. The Balaban J connectivity index is 2.46. The summed E-state index contributed by atoms with van der Waals surface area (Å²) in [6.07, 6.45) is 0. The lowest BCUT2D eigenvalue weighted by Gasteiger charge is -2.14. The summed E-state index contributed by atoms with van der Waals surface area (Å²) in [6.45, 7) is 0. The summed E-state index contributed by atoms with van der Waals surface area (Å²) in [5.74, 6) is 0.419. The lowest BCUT2D eigenvalue weighted by atomic mass is 10.0. The molecule has 0 atom stereocenters. The molecule has 0 aliphatic rings. The number of benzene rings is 2. The number of anilines is 1. The van der Waals surface area contributed by atoms with Gasteiger partial charge in [-0.3, -0.25) is 4.79 Å². The first kappa shape index (κ1) is 14.4. The van der Waals surface area contributed by atoms with E-state index < -0.39 is 0 Å². The molecule has 0 aliphatic carbocycles. The molecule has 104 valence electrons. The Hall–Kier alpha value is -2.00. The highest BCUT2D eigenvalue weighted by Crippen LogP contribution is 2.26. The van der Waals surface area contributed by atoms with Crippen LogP contribution in [0.2, 0.25) is 5.02 Å². The summed E-state index contributed by atoms with van der Waals surface area (Å²) in [7, 11) is 5.41. The van der Waals surface area contributed by atoms with Gasteiger partial charge in [-0.2, -0.15) is 0 Å². The van der Waals surface area contributed by atoms with Gasteiger partial charge in [-0.1, -0.05) is 23.7 Å². The van der Waals surface area contributed by atoms with Crippen LogP contribution in [0.5, 0.6) is 5.75 Å². The summed E-state index contributed by atoms with van der Waals surface area (Å²) in [5, 5.41) is 0.512. The highest BCUT2D eigenvalue weighted by molar-refractivity contribution is 6.31. The van der Waals surface area contributed by atoms with Crippen LogP contribution in [0.3, 0.4) is 0 Å². The molecule has 3 nitrogen and oxygen atoms in total. The Labute approximate surface area is 123 Å².